The van der Waals surface area contributed by atoms with Crippen molar-refractivity contribution in [1.29, 1.82) is 0 Å². The van der Waals surface area contributed by atoms with Gasteiger partial charge in [-0.15, -0.1) is 0 Å². The number of hydrogen-bond acceptors (Lipinski definition) is 4. The maximum absolute atomic E-state index is 12.5. The summed E-state index contributed by atoms with van der Waals surface area (Å²) >= 11 is 0. The first-order chi connectivity index (χ1) is 9.99. The molecule has 1 aromatic carbocycles. The number of carbonyl (C=O) groups is 2. The van der Waals surface area contributed by atoms with Crippen LogP contribution < -0.4 is 14.4 Å². The van der Waals surface area contributed by atoms with Gasteiger partial charge in [-0.2, -0.15) is 0 Å². The summed E-state index contributed by atoms with van der Waals surface area (Å²) in [5.41, 5.74) is 0.693. The summed E-state index contributed by atoms with van der Waals surface area (Å²) in [5.74, 6) is 1.04. The minimum absolute atomic E-state index is 0.0859. The first kappa shape index (κ1) is 15.2. The highest BCUT2D eigenvalue weighted by Crippen LogP contribution is 2.33. The second-order valence-corrected chi connectivity index (χ2v) is 4.92. The van der Waals surface area contributed by atoms with Crippen molar-refractivity contribution in [2.24, 2.45) is 0 Å². The molecule has 1 saturated heterocycles. The Kier molecular flexibility index (Phi) is 4.35. The molecular formula is C15H20N2O4. The summed E-state index contributed by atoms with van der Waals surface area (Å²) in [4.78, 5) is 27.3. The van der Waals surface area contributed by atoms with Gasteiger partial charge in [0.1, 0.15) is 17.5 Å². The zero-order valence-corrected chi connectivity index (χ0v) is 12.8. The van der Waals surface area contributed by atoms with E-state index in [0.717, 1.165) is 0 Å². The van der Waals surface area contributed by atoms with E-state index in [9.17, 15) is 9.59 Å². The monoisotopic (exact) mass is 292 g/mol. The van der Waals surface area contributed by atoms with Crippen LogP contribution in [0.3, 0.4) is 0 Å². The summed E-state index contributed by atoms with van der Waals surface area (Å²) in [6.07, 6.45) is 0. The van der Waals surface area contributed by atoms with Crippen molar-refractivity contribution in [3.8, 4) is 11.5 Å². The second kappa shape index (κ2) is 6.03. The third-order valence-electron chi connectivity index (χ3n) is 3.74. The lowest BCUT2D eigenvalue weighted by molar-refractivity contribution is -0.139. The summed E-state index contributed by atoms with van der Waals surface area (Å²) < 4.78 is 10.5. The molecule has 0 aliphatic carbocycles. The smallest absolute Gasteiger partial charge is 0.249 e. The third-order valence-corrected chi connectivity index (χ3v) is 3.74. The van der Waals surface area contributed by atoms with E-state index in [0.29, 0.717) is 30.3 Å². The number of hydrogen-bond donors (Lipinski definition) is 0. The molecular weight excluding hydrogens is 272 g/mol. The molecule has 2 rings (SSSR count). The molecule has 1 atom stereocenters. The molecule has 0 radical (unpaired) electrons. The predicted octanol–water partition coefficient (Wildman–Crippen LogP) is 1.29. The van der Waals surface area contributed by atoms with Gasteiger partial charge in [-0.25, -0.2) is 0 Å². The van der Waals surface area contributed by atoms with Gasteiger partial charge in [0.05, 0.1) is 19.9 Å². The van der Waals surface area contributed by atoms with Gasteiger partial charge in [-0.1, -0.05) is 0 Å². The van der Waals surface area contributed by atoms with Gasteiger partial charge in [0.2, 0.25) is 11.8 Å². The molecule has 114 valence electrons. The van der Waals surface area contributed by atoms with Crippen molar-refractivity contribution in [1.82, 2.24) is 4.90 Å². The number of ether oxygens (including phenoxy) is 2. The highest BCUT2D eigenvalue weighted by molar-refractivity contribution is 6.01. The predicted molar refractivity (Wildman–Crippen MR) is 78.7 cm³/mol. The van der Waals surface area contributed by atoms with Crippen molar-refractivity contribution in [3.05, 3.63) is 18.2 Å². The van der Waals surface area contributed by atoms with Gasteiger partial charge >= 0.3 is 0 Å². The number of nitrogens with zero attached hydrogens (tertiary/aromatic N) is 2. The topological polar surface area (TPSA) is 59.1 Å². The van der Waals surface area contributed by atoms with E-state index in [1.54, 1.807) is 49.1 Å². The minimum atomic E-state index is -0.469. The molecule has 0 N–H and O–H groups in total. The standard InChI is InChI=1S/C15H20N2O4/c1-10-15(19)17(8-7-16(10)11(2)18)13-6-5-12(20-3)9-14(13)21-4/h5-6,9-10H,7-8H2,1-4H3. The van der Waals surface area contributed by atoms with Crippen LogP contribution in [0.4, 0.5) is 5.69 Å². The average molecular weight is 292 g/mol. The van der Waals surface area contributed by atoms with Gasteiger partial charge in [0.15, 0.2) is 0 Å². The Balaban J connectivity index is 2.31. The SMILES string of the molecule is COc1ccc(N2CCN(C(C)=O)C(C)C2=O)c(OC)c1. The number of piperazine rings is 1. The highest BCUT2D eigenvalue weighted by Gasteiger charge is 2.34. The van der Waals surface area contributed by atoms with Gasteiger partial charge < -0.3 is 19.3 Å². The third kappa shape index (κ3) is 2.79. The summed E-state index contributed by atoms with van der Waals surface area (Å²) in [7, 11) is 3.13. The van der Waals surface area contributed by atoms with E-state index in [1.807, 2.05) is 0 Å². The molecule has 6 nitrogen and oxygen atoms in total. The van der Waals surface area contributed by atoms with E-state index in [1.165, 1.54) is 6.92 Å². The van der Waals surface area contributed by atoms with Crippen LogP contribution >= 0.6 is 0 Å². The highest BCUT2D eigenvalue weighted by atomic mass is 16.5. The van der Waals surface area contributed by atoms with Gasteiger partial charge in [-0.3, -0.25) is 9.59 Å². The van der Waals surface area contributed by atoms with Gasteiger partial charge in [-0.05, 0) is 19.1 Å². The molecule has 1 aliphatic heterocycles. The van der Waals surface area contributed by atoms with Crippen LogP contribution in [0.15, 0.2) is 18.2 Å². The molecule has 1 fully saturated rings. The number of carbonyl (C=O) groups excluding carboxylic acids is 2. The molecule has 0 bridgehead atoms. The Hall–Kier alpha value is -2.24. The fourth-order valence-corrected chi connectivity index (χ4v) is 2.55. The molecule has 0 aromatic heterocycles. The van der Waals surface area contributed by atoms with Crippen LogP contribution in [-0.4, -0.2) is 50.1 Å². The average Bonchev–Trinajstić information content (AvgIpc) is 2.49. The number of benzene rings is 1. The lowest BCUT2D eigenvalue weighted by Gasteiger charge is -2.39. The zero-order chi connectivity index (χ0) is 15.6. The lowest BCUT2D eigenvalue weighted by atomic mass is 10.1. The normalized spacial score (nSPS) is 18.7. The minimum Gasteiger partial charge on any atom is -0.497 e. The Labute approximate surface area is 124 Å². The zero-order valence-electron chi connectivity index (χ0n) is 12.8. The van der Waals surface area contributed by atoms with E-state index in [-0.39, 0.29) is 11.8 Å². The Morgan fingerprint density at radius 2 is 1.95 bits per heavy atom. The maximum atomic E-state index is 12.5. The Morgan fingerprint density at radius 3 is 2.52 bits per heavy atom. The Bertz CT molecular complexity index is 559. The van der Waals surface area contributed by atoms with E-state index < -0.39 is 6.04 Å². The van der Waals surface area contributed by atoms with Crippen molar-refractivity contribution in [2.75, 3.05) is 32.2 Å². The van der Waals surface area contributed by atoms with Crippen molar-refractivity contribution in [2.45, 2.75) is 19.9 Å². The van der Waals surface area contributed by atoms with E-state index >= 15 is 0 Å². The first-order valence-electron chi connectivity index (χ1n) is 6.80. The summed E-state index contributed by atoms with van der Waals surface area (Å²) in [5, 5.41) is 0. The van der Waals surface area contributed by atoms with E-state index in [4.69, 9.17) is 9.47 Å². The van der Waals surface area contributed by atoms with Crippen LogP contribution in [0.1, 0.15) is 13.8 Å². The molecule has 1 heterocycles. The van der Waals surface area contributed by atoms with Crippen LogP contribution in [0.5, 0.6) is 11.5 Å². The largest absolute Gasteiger partial charge is 0.497 e. The molecule has 6 heteroatoms. The van der Waals surface area contributed by atoms with Crippen LogP contribution in [0.25, 0.3) is 0 Å². The van der Waals surface area contributed by atoms with Crippen LogP contribution in [-0.2, 0) is 9.59 Å². The maximum Gasteiger partial charge on any atom is 0.249 e. The van der Waals surface area contributed by atoms with Gasteiger partial charge in [0.25, 0.3) is 0 Å². The molecule has 1 aromatic rings. The van der Waals surface area contributed by atoms with E-state index in [2.05, 4.69) is 0 Å². The fourth-order valence-electron chi connectivity index (χ4n) is 2.55. The summed E-state index contributed by atoms with van der Waals surface area (Å²) in [6, 6.07) is 4.85. The van der Waals surface area contributed by atoms with Crippen LogP contribution in [0, 0.1) is 0 Å². The molecule has 0 saturated carbocycles. The van der Waals surface area contributed by atoms with Crippen molar-refractivity contribution in [3.63, 3.8) is 0 Å². The number of methoxy groups -OCH3 is 2. The van der Waals surface area contributed by atoms with Crippen molar-refractivity contribution >= 4 is 17.5 Å². The number of amides is 2. The van der Waals surface area contributed by atoms with Gasteiger partial charge in [0, 0.05) is 26.1 Å². The molecule has 21 heavy (non-hydrogen) atoms. The Morgan fingerprint density at radius 1 is 1.24 bits per heavy atom. The molecule has 2 amide bonds. The fraction of sp³-hybridized carbons (Fsp3) is 0.467. The number of anilines is 1. The summed E-state index contributed by atoms with van der Waals surface area (Å²) in [6.45, 7) is 4.18. The molecule has 0 spiro atoms. The molecule has 1 aliphatic rings. The van der Waals surface area contributed by atoms with Crippen LogP contribution in [0.2, 0.25) is 0 Å². The lowest BCUT2D eigenvalue weighted by Crippen LogP contribution is -2.57. The molecule has 1 unspecified atom stereocenters. The second-order valence-electron chi connectivity index (χ2n) is 4.92. The van der Waals surface area contributed by atoms with Crippen molar-refractivity contribution < 1.29 is 19.1 Å². The number of rotatable bonds is 3. The first-order valence-corrected chi connectivity index (χ1v) is 6.80. The quantitative estimate of drug-likeness (QED) is 0.842.